The summed E-state index contributed by atoms with van der Waals surface area (Å²) >= 11 is 0. The van der Waals surface area contributed by atoms with Gasteiger partial charge in [-0.2, -0.15) is 0 Å². The quantitative estimate of drug-likeness (QED) is 0.534. The molecule has 0 amide bonds. The maximum absolute atomic E-state index is 12.4. The molecule has 0 aliphatic carbocycles. The lowest BCUT2D eigenvalue weighted by Gasteiger charge is -1.98. The molecule has 0 aliphatic rings. The molecule has 98 valence electrons. The zero-order valence-corrected chi connectivity index (χ0v) is 10.9. The first-order chi connectivity index (χ1) is 9.70. The number of hydrogen-bond acceptors (Lipinski definition) is 3. The molecule has 0 fully saturated rings. The molecule has 0 saturated heterocycles. The molecule has 1 aromatic heterocycles. The van der Waals surface area contributed by atoms with Gasteiger partial charge < -0.3 is 4.42 Å². The van der Waals surface area contributed by atoms with Gasteiger partial charge in [-0.3, -0.25) is 9.59 Å². The highest BCUT2D eigenvalue weighted by atomic mass is 16.3. The Morgan fingerprint density at radius 1 is 1.10 bits per heavy atom. The third-order valence-electron chi connectivity index (χ3n) is 3.34. The Labute approximate surface area is 115 Å². The van der Waals surface area contributed by atoms with Gasteiger partial charge in [0.2, 0.25) is 5.78 Å². The first-order valence-corrected chi connectivity index (χ1v) is 6.29. The highest BCUT2D eigenvalue weighted by molar-refractivity contribution is 6.10. The van der Waals surface area contributed by atoms with E-state index in [1.54, 1.807) is 30.3 Å². The Kier molecular flexibility index (Phi) is 2.95. The van der Waals surface area contributed by atoms with Gasteiger partial charge in [0.05, 0.1) is 0 Å². The van der Waals surface area contributed by atoms with Crippen molar-refractivity contribution in [3.05, 3.63) is 71.0 Å². The summed E-state index contributed by atoms with van der Waals surface area (Å²) in [6.45, 7) is 1.83. The van der Waals surface area contributed by atoms with Crippen molar-refractivity contribution < 1.29 is 14.0 Å². The summed E-state index contributed by atoms with van der Waals surface area (Å²) in [5.74, 6) is 0.182. The second-order valence-corrected chi connectivity index (χ2v) is 4.62. The predicted molar refractivity (Wildman–Crippen MR) is 76.2 cm³/mol. The summed E-state index contributed by atoms with van der Waals surface area (Å²) < 4.78 is 5.65. The summed E-state index contributed by atoms with van der Waals surface area (Å²) in [5, 5.41) is 0.800. The standard InChI is InChI=1S/C17H12O3/c1-11-14-9-12(10-18)7-8-15(14)20-17(11)16(19)13-5-3-2-4-6-13/h2-10H,1H3. The Morgan fingerprint density at radius 3 is 2.55 bits per heavy atom. The Morgan fingerprint density at radius 2 is 1.85 bits per heavy atom. The summed E-state index contributed by atoms with van der Waals surface area (Å²) in [6, 6.07) is 14.1. The van der Waals surface area contributed by atoms with Crippen LogP contribution in [0.2, 0.25) is 0 Å². The number of hydrogen-bond donors (Lipinski definition) is 0. The van der Waals surface area contributed by atoms with Crippen LogP contribution in [-0.4, -0.2) is 12.1 Å². The molecule has 20 heavy (non-hydrogen) atoms. The number of ketones is 1. The molecule has 3 rings (SSSR count). The van der Waals surface area contributed by atoms with Gasteiger partial charge in [0.15, 0.2) is 5.76 Å². The molecule has 0 radical (unpaired) electrons. The van der Waals surface area contributed by atoms with Gasteiger partial charge in [0.25, 0.3) is 0 Å². The number of aldehydes is 1. The molecule has 3 nitrogen and oxygen atoms in total. The average Bonchev–Trinajstić information content (AvgIpc) is 2.84. The zero-order valence-electron chi connectivity index (χ0n) is 10.9. The first kappa shape index (κ1) is 12.4. The summed E-state index contributed by atoms with van der Waals surface area (Å²) in [5.41, 5.74) is 2.54. The van der Waals surface area contributed by atoms with Crippen LogP contribution in [0.5, 0.6) is 0 Å². The molecule has 1 heterocycles. The largest absolute Gasteiger partial charge is 0.452 e. The number of rotatable bonds is 3. The Hall–Kier alpha value is -2.68. The number of furan rings is 1. The molecule has 3 aromatic rings. The summed E-state index contributed by atoms with van der Waals surface area (Å²) in [6.07, 6.45) is 0.782. The van der Waals surface area contributed by atoms with Crippen LogP contribution in [-0.2, 0) is 0 Å². The topological polar surface area (TPSA) is 47.3 Å². The SMILES string of the molecule is Cc1c(C(=O)c2ccccc2)oc2ccc(C=O)cc12. The molecular formula is C17H12O3. The van der Waals surface area contributed by atoms with Crippen LogP contribution in [0, 0.1) is 6.92 Å². The van der Waals surface area contributed by atoms with Gasteiger partial charge in [-0.05, 0) is 25.1 Å². The van der Waals surface area contributed by atoms with E-state index in [9.17, 15) is 9.59 Å². The number of carbonyl (C=O) groups is 2. The fourth-order valence-corrected chi connectivity index (χ4v) is 2.25. The van der Waals surface area contributed by atoms with Crippen LogP contribution in [0.4, 0.5) is 0 Å². The van der Waals surface area contributed by atoms with E-state index in [0.29, 0.717) is 22.5 Å². The van der Waals surface area contributed by atoms with Crippen molar-refractivity contribution in [3.63, 3.8) is 0 Å². The number of aryl methyl sites for hydroxylation is 1. The van der Waals surface area contributed by atoms with Gasteiger partial charge in [-0.15, -0.1) is 0 Å². The summed E-state index contributed by atoms with van der Waals surface area (Å²) in [4.78, 5) is 23.3. The van der Waals surface area contributed by atoms with Crippen molar-refractivity contribution in [2.75, 3.05) is 0 Å². The minimum atomic E-state index is -0.146. The molecule has 0 aliphatic heterocycles. The van der Waals surface area contributed by atoms with E-state index in [0.717, 1.165) is 17.2 Å². The smallest absolute Gasteiger partial charge is 0.228 e. The molecule has 3 heteroatoms. The minimum Gasteiger partial charge on any atom is -0.452 e. The maximum Gasteiger partial charge on any atom is 0.228 e. The van der Waals surface area contributed by atoms with E-state index in [-0.39, 0.29) is 5.78 Å². The van der Waals surface area contributed by atoms with Crippen LogP contribution >= 0.6 is 0 Å². The van der Waals surface area contributed by atoms with Crippen molar-refractivity contribution >= 4 is 23.0 Å². The number of fused-ring (bicyclic) bond motifs is 1. The molecular weight excluding hydrogens is 252 g/mol. The van der Waals surface area contributed by atoms with Crippen molar-refractivity contribution in [2.24, 2.45) is 0 Å². The lowest BCUT2D eigenvalue weighted by atomic mass is 10.0. The van der Waals surface area contributed by atoms with Gasteiger partial charge in [0.1, 0.15) is 11.9 Å². The van der Waals surface area contributed by atoms with E-state index < -0.39 is 0 Å². The zero-order chi connectivity index (χ0) is 14.1. The van der Waals surface area contributed by atoms with E-state index in [1.807, 2.05) is 25.1 Å². The Balaban J connectivity index is 2.15. The van der Waals surface area contributed by atoms with Crippen molar-refractivity contribution in [2.45, 2.75) is 6.92 Å². The highest BCUT2D eigenvalue weighted by Crippen LogP contribution is 2.27. The van der Waals surface area contributed by atoms with E-state index in [4.69, 9.17) is 4.42 Å². The van der Waals surface area contributed by atoms with Crippen LogP contribution < -0.4 is 0 Å². The number of carbonyl (C=O) groups excluding carboxylic acids is 2. The second kappa shape index (κ2) is 4.78. The highest BCUT2D eigenvalue weighted by Gasteiger charge is 2.19. The van der Waals surface area contributed by atoms with Crippen LogP contribution in [0.25, 0.3) is 11.0 Å². The molecule has 0 spiro atoms. The fraction of sp³-hybridized carbons (Fsp3) is 0.0588. The van der Waals surface area contributed by atoms with Gasteiger partial charge >= 0.3 is 0 Å². The van der Waals surface area contributed by atoms with Gasteiger partial charge in [-0.1, -0.05) is 30.3 Å². The molecule has 0 atom stereocenters. The third kappa shape index (κ3) is 1.93. The molecule has 0 unspecified atom stereocenters. The van der Waals surface area contributed by atoms with Crippen LogP contribution in [0.15, 0.2) is 52.9 Å². The normalized spacial score (nSPS) is 10.7. The van der Waals surface area contributed by atoms with Crippen molar-refractivity contribution in [1.82, 2.24) is 0 Å². The lowest BCUT2D eigenvalue weighted by Crippen LogP contribution is -2.00. The molecule has 0 saturated carbocycles. The number of benzene rings is 2. The molecule has 2 aromatic carbocycles. The van der Waals surface area contributed by atoms with Crippen molar-refractivity contribution in [3.8, 4) is 0 Å². The van der Waals surface area contributed by atoms with E-state index in [2.05, 4.69) is 0 Å². The average molecular weight is 264 g/mol. The van der Waals surface area contributed by atoms with Crippen LogP contribution in [0.1, 0.15) is 32.0 Å². The van der Waals surface area contributed by atoms with Crippen molar-refractivity contribution in [1.29, 1.82) is 0 Å². The maximum atomic E-state index is 12.4. The van der Waals surface area contributed by atoms with Crippen LogP contribution in [0.3, 0.4) is 0 Å². The minimum absolute atomic E-state index is 0.146. The molecule has 0 N–H and O–H groups in total. The fourth-order valence-electron chi connectivity index (χ4n) is 2.25. The van der Waals surface area contributed by atoms with Gasteiger partial charge in [-0.25, -0.2) is 0 Å². The second-order valence-electron chi connectivity index (χ2n) is 4.62. The van der Waals surface area contributed by atoms with Gasteiger partial charge in [0, 0.05) is 22.1 Å². The lowest BCUT2D eigenvalue weighted by molar-refractivity contribution is 0.101. The van der Waals surface area contributed by atoms with E-state index >= 15 is 0 Å². The molecule has 0 bridgehead atoms. The Bertz CT molecular complexity index is 798. The predicted octanol–water partition coefficient (Wildman–Crippen LogP) is 3.78. The summed E-state index contributed by atoms with van der Waals surface area (Å²) in [7, 11) is 0. The third-order valence-corrected chi connectivity index (χ3v) is 3.34. The monoisotopic (exact) mass is 264 g/mol. The van der Waals surface area contributed by atoms with E-state index in [1.165, 1.54) is 0 Å². The first-order valence-electron chi connectivity index (χ1n) is 6.29.